The number of hydrogen-bond acceptors (Lipinski definition) is 2. The van der Waals surface area contributed by atoms with Gasteiger partial charge in [0.05, 0.1) is 18.7 Å². The quantitative estimate of drug-likeness (QED) is 0.598. The van der Waals surface area contributed by atoms with Crippen molar-refractivity contribution in [2.45, 2.75) is 13.3 Å². The van der Waals surface area contributed by atoms with Gasteiger partial charge in [-0.15, -0.1) is 0 Å². The molecule has 2 N–H and O–H groups in total. The lowest BCUT2D eigenvalue weighted by Gasteiger charge is -2.10. The molecule has 0 aliphatic heterocycles. The minimum Gasteiger partial charge on any atom is -0.493 e. The summed E-state index contributed by atoms with van der Waals surface area (Å²) in [6.07, 6.45) is -0.0319. The summed E-state index contributed by atoms with van der Waals surface area (Å²) in [7, 11) is 0. The zero-order valence-electron chi connectivity index (χ0n) is 12.6. The summed E-state index contributed by atoms with van der Waals surface area (Å²) in [6, 6.07) is 13.7. The van der Waals surface area contributed by atoms with Crippen molar-refractivity contribution in [2.24, 2.45) is 0 Å². The van der Waals surface area contributed by atoms with Crippen LogP contribution in [0.25, 0.3) is 22.2 Å². The van der Waals surface area contributed by atoms with Gasteiger partial charge in [0.2, 0.25) is 0 Å². The van der Waals surface area contributed by atoms with Crippen molar-refractivity contribution in [1.82, 2.24) is 4.98 Å². The topological polar surface area (TPSA) is 62.3 Å². The van der Waals surface area contributed by atoms with E-state index in [1.807, 2.05) is 49.4 Å². The molecule has 2 aromatic carbocycles. The van der Waals surface area contributed by atoms with E-state index in [4.69, 9.17) is 4.74 Å². The number of fused-ring (bicyclic) bond motifs is 1. The van der Waals surface area contributed by atoms with E-state index < -0.39 is 5.97 Å². The van der Waals surface area contributed by atoms with Crippen LogP contribution in [0, 0.1) is 3.57 Å². The molecule has 0 saturated carbocycles. The van der Waals surface area contributed by atoms with Crippen LogP contribution in [0.2, 0.25) is 0 Å². The van der Waals surface area contributed by atoms with Crippen LogP contribution in [0.5, 0.6) is 5.75 Å². The molecule has 23 heavy (non-hydrogen) atoms. The van der Waals surface area contributed by atoms with E-state index in [0.717, 1.165) is 37.0 Å². The Kier molecular flexibility index (Phi) is 4.56. The average Bonchev–Trinajstić information content (AvgIpc) is 2.86. The fraction of sp³-hybridized carbons (Fsp3) is 0.167. The summed E-state index contributed by atoms with van der Waals surface area (Å²) in [5.41, 5.74) is 3.42. The first-order chi connectivity index (χ1) is 11.1. The van der Waals surface area contributed by atoms with Crippen LogP contribution < -0.4 is 4.74 Å². The molecule has 0 aliphatic carbocycles. The predicted molar refractivity (Wildman–Crippen MR) is 99.0 cm³/mol. The van der Waals surface area contributed by atoms with Gasteiger partial charge >= 0.3 is 5.97 Å². The zero-order chi connectivity index (χ0) is 16.4. The Hall–Kier alpha value is -2.02. The van der Waals surface area contributed by atoms with Gasteiger partial charge in [-0.3, -0.25) is 4.79 Å². The Bertz CT molecular complexity index is 870. The maximum absolute atomic E-state index is 11.3. The molecule has 0 aliphatic rings. The van der Waals surface area contributed by atoms with Crippen LogP contribution in [0.4, 0.5) is 0 Å². The van der Waals surface area contributed by atoms with Crippen molar-refractivity contribution in [3.8, 4) is 17.0 Å². The summed E-state index contributed by atoms with van der Waals surface area (Å²) < 4.78 is 6.78. The number of benzene rings is 2. The maximum atomic E-state index is 11.3. The van der Waals surface area contributed by atoms with Gasteiger partial charge in [0.25, 0.3) is 0 Å². The van der Waals surface area contributed by atoms with Gasteiger partial charge in [-0.1, -0.05) is 12.1 Å². The van der Waals surface area contributed by atoms with Gasteiger partial charge in [-0.2, -0.15) is 0 Å². The fourth-order valence-corrected chi connectivity index (χ4v) is 3.23. The predicted octanol–water partition coefficient (Wildman–Crippen LogP) is 4.47. The van der Waals surface area contributed by atoms with Crippen molar-refractivity contribution in [2.75, 3.05) is 6.61 Å². The molecule has 1 heterocycles. The summed E-state index contributed by atoms with van der Waals surface area (Å²) in [5, 5.41) is 10.3. The highest BCUT2D eigenvalue weighted by atomic mass is 127. The van der Waals surface area contributed by atoms with Gasteiger partial charge in [0.1, 0.15) is 5.75 Å². The van der Waals surface area contributed by atoms with Crippen molar-refractivity contribution >= 4 is 39.5 Å². The number of aromatic amines is 1. The monoisotopic (exact) mass is 421 g/mol. The molecule has 0 spiro atoms. The number of H-pyrrole nitrogens is 1. The third kappa shape index (κ3) is 3.19. The van der Waals surface area contributed by atoms with Crippen LogP contribution in [-0.4, -0.2) is 22.7 Å². The first-order valence-electron chi connectivity index (χ1n) is 7.34. The van der Waals surface area contributed by atoms with Crippen molar-refractivity contribution in [1.29, 1.82) is 0 Å². The highest BCUT2D eigenvalue weighted by Crippen LogP contribution is 2.36. The second-order valence-electron chi connectivity index (χ2n) is 5.17. The number of ether oxygens (including phenoxy) is 1. The Morgan fingerprint density at radius 3 is 2.78 bits per heavy atom. The lowest BCUT2D eigenvalue weighted by molar-refractivity contribution is -0.136. The standard InChI is InChI=1S/C18H16INO3/c1-2-23-16-6-4-3-5-12(16)18-14(10-17(21)22)13-9-11(19)7-8-15(13)20-18/h3-9,20H,2,10H2,1H3,(H,21,22). The second-order valence-corrected chi connectivity index (χ2v) is 6.41. The van der Waals surface area contributed by atoms with Crippen molar-refractivity contribution in [3.05, 3.63) is 51.6 Å². The molecule has 0 amide bonds. The third-order valence-electron chi connectivity index (χ3n) is 3.65. The number of hydrogen-bond donors (Lipinski definition) is 2. The van der Waals surface area contributed by atoms with Gasteiger partial charge < -0.3 is 14.8 Å². The van der Waals surface area contributed by atoms with Gasteiger partial charge in [0, 0.05) is 20.0 Å². The molecule has 4 nitrogen and oxygen atoms in total. The molecule has 0 unspecified atom stereocenters. The van der Waals surface area contributed by atoms with Crippen molar-refractivity contribution in [3.63, 3.8) is 0 Å². The number of carboxylic acids is 1. The number of carboxylic acid groups (broad SMARTS) is 1. The zero-order valence-corrected chi connectivity index (χ0v) is 14.8. The van der Waals surface area contributed by atoms with Crippen LogP contribution >= 0.6 is 22.6 Å². The van der Waals surface area contributed by atoms with E-state index in [9.17, 15) is 9.90 Å². The second kappa shape index (κ2) is 6.62. The Morgan fingerprint density at radius 1 is 1.26 bits per heavy atom. The van der Waals surface area contributed by atoms with Crippen LogP contribution in [-0.2, 0) is 11.2 Å². The van der Waals surface area contributed by atoms with E-state index >= 15 is 0 Å². The molecular weight excluding hydrogens is 405 g/mol. The molecule has 0 atom stereocenters. The molecule has 0 bridgehead atoms. The van der Waals surface area contributed by atoms with Gasteiger partial charge in [-0.25, -0.2) is 0 Å². The van der Waals surface area contributed by atoms with E-state index in [1.54, 1.807) is 0 Å². The molecule has 3 aromatic rings. The van der Waals surface area contributed by atoms with Gasteiger partial charge in [0.15, 0.2) is 0 Å². The lowest BCUT2D eigenvalue weighted by atomic mass is 10.0. The molecule has 1 aromatic heterocycles. The summed E-state index contributed by atoms with van der Waals surface area (Å²) in [6.45, 7) is 2.49. The third-order valence-corrected chi connectivity index (χ3v) is 4.32. The fourth-order valence-electron chi connectivity index (χ4n) is 2.74. The number of nitrogens with one attached hydrogen (secondary N) is 1. The summed E-state index contributed by atoms with van der Waals surface area (Å²) in [5.74, 6) is -0.0946. The minimum atomic E-state index is -0.847. The van der Waals surface area contributed by atoms with E-state index in [0.29, 0.717) is 6.61 Å². The van der Waals surface area contributed by atoms with E-state index in [1.165, 1.54) is 0 Å². The number of aliphatic carboxylic acids is 1. The van der Waals surface area contributed by atoms with Gasteiger partial charge in [-0.05, 0) is 65.4 Å². The Balaban J connectivity index is 2.26. The Morgan fingerprint density at radius 2 is 2.04 bits per heavy atom. The first-order valence-corrected chi connectivity index (χ1v) is 8.42. The van der Waals surface area contributed by atoms with E-state index in [2.05, 4.69) is 27.6 Å². The molecule has 0 radical (unpaired) electrons. The van der Waals surface area contributed by atoms with Crippen LogP contribution in [0.1, 0.15) is 12.5 Å². The number of halogens is 1. The lowest BCUT2D eigenvalue weighted by Crippen LogP contribution is -2.02. The normalized spacial score (nSPS) is 10.9. The van der Waals surface area contributed by atoms with Crippen LogP contribution in [0.15, 0.2) is 42.5 Å². The average molecular weight is 421 g/mol. The highest BCUT2D eigenvalue weighted by Gasteiger charge is 2.18. The van der Waals surface area contributed by atoms with Crippen LogP contribution in [0.3, 0.4) is 0 Å². The van der Waals surface area contributed by atoms with Crippen molar-refractivity contribution < 1.29 is 14.6 Å². The molecule has 0 saturated heterocycles. The summed E-state index contributed by atoms with van der Waals surface area (Å²) >= 11 is 2.24. The summed E-state index contributed by atoms with van der Waals surface area (Å²) in [4.78, 5) is 14.7. The number of rotatable bonds is 5. The minimum absolute atomic E-state index is 0.0319. The first kappa shape index (κ1) is 15.9. The molecule has 118 valence electrons. The number of para-hydroxylation sites is 1. The smallest absolute Gasteiger partial charge is 0.307 e. The largest absolute Gasteiger partial charge is 0.493 e. The maximum Gasteiger partial charge on any atom is 0.307 e. The molecule has 0 fully saturated rings. The molecular formula is C18H16INO3. The molecule has 5 heteroatoms. The Labute approximate surface area is 147 Å². The SMILES string of the molecule is CCOc1ccccc1-c1[nH]c2ccc(I)cc2c1CC(=O)O. The molecule has 3 rings (SSSR count). The van der Waals surface area contributed by atoms with E-state index in [-0.39, 0.29) is 6.42 Å². The number of carbonyl (C=O) groups is 1. The highest BCUT2D eigenvalue weighted by molar-refractivity contribution is 14.1. The number of aromatic nitrogens is 1.